The zero-order valence-electron chi connectivity index (χ0n) is 28.6. The van der Waals surface area contributed by atoms with Gasteiger partial charge in [-0.1, -0.05) is 76.3 Å². The molecule has 0 fully saturated rings. The second-order valence-corrected chi connectivity index (χ2v) is 13.6. The van der Waals surface area contributed by atoms with E-state index in [1.165, 1.54) is 55.7 Å². The fourth-order valence-electron chi connectivity index (χ4n) is 6.64. The summed E-state index contributed by atoms with van der Waals surface area (Å²) >= 11 is 0. The van der Waals surface area contributed by atoms with Crippen LogP contribution < -0.4 is 11.3 Å². The summed E-state index contributed by atoms with van der Waals surface area (Å²) in [5.74, 6) is 5.80. The molecule has 4 aromatic rings. The number of unbranched alkanes of at least 4 members (excludes halogenated alkanes) is 1. The van der Waals surface area contributed by atoms with Crippen molar-refractivity contribution >= 4 is 10.9 Å². The molecule has 4 rings (SSSR count). The van der Waals surface area contributed by atoms with E-state index in [1.54, 1.807) is 0 Å². The first kappa shape index (κ1) is 34.4. The Bertz CT molecular complexity index is 1570. The van der Waals surface area contributed by atoms with Crippen molar-refractivity contribution in [2.75, 3.05) is 6.54 Å². The second kappa shape index (κ2) is 16.2. The Labute approximate surface area is 272 Å². The molecule has 0 radical (unpaired) electrons. The van der Waals surface area contributed by atoms with Crippen LogP contribution in [0.25, 0.3) is 33.3 Å². The molecule has 0 saturated heterocycles. The van der Waals surface area contributed by atoms with E-state index in [2.05, 4.69) is 118 Å². The summed E-state index contributed by atoms with van der Waals surface area (Å²) in [7, 11) is 0. The van der Waals surface area contributed by atoms with E-state index in [4.69, 9.17) is 10.8 Å². The summed E-state index contributed by atoms with van der Waals surface area (Å²) in [5.41, 5.74) is 14.7. The summed E-state index contributed by atoms with van der Waals surface area (Å²) in [6, 6.07) is 20.6. The third kappa shape index (κ3) is 8.62. The number of hydrogen-bond acceptors (Lipinski definition) is 3. The quantitative estimate of drug-likeness (QED) is 0.0514. The molecular formula is C41H56N4. The lowest BCUT2D eigenvalue weighted by Crippen LogP contribution is -2.22. The van der Waals surface area contributed by atoms with Crippen molar-refractivity contribution < 1.29 is 0 Å². The lowest BCUT2D eigenvalue weighted by Gasteiger charge is -2.25. The molecule has 2 aromatic heterocycles. The van der Waals surface area contributed by atoms with Gasteiger partial charge in [-0.3, -0.25) is 16.3 Å². The number of hydrazine groups is 1. The van der Waals surface area contributed by atoms with Crippen molar-refractivity contribution in [1.29, 1.82) is 0 Å². The average molecular weight is 605 g/mol. The molecule has 4 heteroatoms. The average Bonchev–Trinajstić information content (AvgIpc) is 3.36. The molecule has 240 valence electrons. The van der Waals surface area contributed by atoms with Crippen molar-refractivity contribution in [3.05, 3.63) is 102 Å². The maximum atomic E-state index is 5.41. The van der Waals surface area contributed by atoms with Crippen LogP contribution in [0.15, 0.2) is 85.6 Å². The van der Waals surface area contributed by atoms with Gasteiger partial charge in [-0.05, 0) is 123 Å². The highest BCUT2D eigenvalue weighted by Gasteiger charge is 2.27. The molecule has 0 aliphatic heterocycles. The van der Waals surface area contributed by atoms with E-state index < -0.39 is 0 Å². The van der Waals surface area contributed by atoms with Crippen LogP contribution >= 0.6 is 0 Å². The highest BCUT2D eigenvalue weighted by atomic mass is 15.2. The normalized spacial score (nSPS) is 12.5. The van der Waals surface area contributed by atoms with Crippen LogP contribution in [-0.4, -0.2) is 16.1 Å². The highest BCUT2D eigenvalue weighted by Crippen LogP contribution is 2.42. The summed E-state index contributed by atoms with van der Waals surface area (Å²) in [6.07, 6.45) is 13.5. The van der Waals surface area contributed by atoms with Gasteiger partial charge >= 0.3 is 0 Å². The number of nitrogens with zero attached hydrogens (tertiary/aromatic N) is 2. The highest BCUT2D eigenvalue weighted by molar-refractivity contribution is 5.95. The van der Waals surface area contributed by atoms with Gasteiger partial charge in [0.2, 0.25) is 0 Å². The van der Waals surface area contributed by atoms with Crippen LogP contribution in [0.5, 0.6) is 0 Å². The monoisotopic (exact) mass is 604 g/mol. The van der Waals surface area contributed by atoms with Gasteiger partial charge in [0.1, 0.15) is 0 Å². The Kier molecular flexibility index (Phi) is 12.4. The molecule has 45 heavy (non-hydrogen) atoms. The van der Waals surface area contributed by atoms with Crippen LogP contribution in [0.3, 0.4) is 0 Å². The Morgan fingerprint density at radius 2 is 1.84 bits per heavy atom. The molecular weight excluding hydrogens is 548 g/mol. The zero-order valence-corrected chi connectivity index (χ0v) is 28.6. The van der Waals surface area contributed by atoms with Crippen molar-refractivity contribution in [3.8, 4) is 22.4 Å². The number of pyridine rings is 1. The summed E-state index contributed by atoms with van der Waals surface area (Å²) in [4.78, 5) is 4.95. The van der Waals surface area contributed by atoms with E-state index >= 15 is 0 Å². The van der Waals surface area contributed by atoms with Crippen molar-refractivity contribution in [1.82, 2.24) is 15.0 Å². The molecule has 0 amide bonds. The van der Waals surface area contributed by atoms with E-state index in [0.717, 1.165) is 70.9 Å². The molecule has 0 spiro atoms. The van der Waals surface area contributed by atoms with Crippen LogP contribution in [0.1, 0.15) is 102 Å². The Hall–Kier alpha value is -3.47. The molecule has 3 N–H and O–H groups in total. The van der Waals surface area contributed by atoms with Crippen molar-refractivity contribution in [2.45, 2.75) is 105 Å². The summed E-state index contributed by atoms with van der Waals surface area (Å²) in [6.45, 7) is 21.8. The van der Waals surface area contributed by atoms with E-state index in [1.807, 2.05) is 6.20 Å². The molecule has 1 unspecified atom stereocenters. The molecule has 0 saturated carbocycles. The van der Waals surface area contributed by atoms with Gasteiger partial charge in [0.05, 0.1) is 11.4 Å². The number of nitrogens with two attached hydrogens (primary N) is 1. The number of rotatable bonds is 18. The third-order valence-corrected chi connectivity index (χ3v) is 9.47. The molecule has 2 aromatic carbocycles. The molecule has 0 bridgehead atoms. The number of aryl methyl sites for hydroxylation is 2. The maximum absolute atomic E-state index is 5.41. The van der Waals surface area contributed by atoms with Crippen LogP contribution in [0.2, 0.25) is 0 Å². The molecule has 0 aliphatic carbocycles. The minimum Gasteiger partial charge on any atom is -0.340 e. The molecule has 4 nitrogen and oxygen atoms in total. The van der Waals surface area contributed by atoms with Gasteiger partial charge in [0.15, 0.2) is 0 Å². The molecule has 1 atom stereocenters. The first-order valence-corrected chi connectivity index (χ1v) is 17.1. The van der Waals surface area contributed by atoms with Crippen molar-refractivity contribution in [3.63, 3.8) is 0 Å². The largest absolute Gasteiger partial charge is 0.340 e. The minimum atomic E-state index is 0.133. The number of aromatic nitrogens is 2. The van der Waals surface area contributed by atoms with Gasteiger partial charge in [-0.25, -0.2) is 0 Å². The lowest BCUT2D eigenvalue weighted by molar-refractivity contribution is 0.337. The second-order valence-electron chi connectivity index (χ2n) is 13.6. The fourth-order valence-corrected chi connectivity index (χ4v) is 6.64. The van der Waals surface area contributed by atoms with Crippen LogP contribution in [0, 0.1) is 5.41 Å². The third-order valence-electron chi connectivity index (χ3n) is 9.47. The summed E-state index contributed by atoms with van der Waals surface area (Å²) in [5, 5.41) is 1.36. The van der Waals surface area contributed by atoms with Gasteiger partial charge in [-0.15, -0.1) is 6.58 Å². The van der Waals surface area contributed by atoms with Gasteiger partial charge < -0.3 is 4.57 Å². The smallest absolute Gasteiger partial charge is 0.0542 e. The molecule has 2 heterocycles. The van der Waals surface area contributed by atoms with Crippen LogP contribution in [-0.2, 0) is 19.4 Å². The number of fused-ring (bicyclic) bond motifs is 1. The van der Waals surface area contributed by atoms with Crippen LogP contribution in [0.4, 0.5) is 0 Å². The predicted molar refractivity (Wildman–Crippen MR) is 195 cm³/mol. The Balaban J connectivity index is 1.77. The zero-order chi connectivity index (χ0) is 32.4. The number of benzene rings is 2. The van der Waals surface area contributed by atoms with E-state index in [9.17, 15) is 0 Å². The predicted octanol–water partition coefficient (Wildman–Crippen LogP) is 10.6. The maximum Gasteiger partial charge on any atom is 0.0542 e. The van der Waals surface area contributed by atoms with Gasteiger partial charge in [0, 0.05) is 35.8 Å². The van der Waals surface area contributed by atoms with Gasteiger partial charge in [0.25, 0.3) is 0 Å². The lowest BCUT2D eigenvalue weighted by atomic mass is 9.80. The molecule has 0 aliphatic rings. The van der Waals surface area contributed by atoms with E-state index in [0.29, 0.717) is 5.92 Å². The Morgan fingerprint density at radius 1 is 1.04 bits per heavy atom. The topological polar surface area (TPSA) is 55.9 Å². The minimum absolute atomic E-state index is 0.133. The fraction of sp³-hybridized carbons (Fsp3) is 0.439. The Morgan fingerprint density at radius 3 is 2.58 bits per heavy atom. The first-order chi connectivity index (χ1) is 21.7. The standard InChI is InChI=1S/C41H56N4/c1-8-11-24-41(6,7)29-37-36-28-34(33-18-14-17-32(27-33)21-20-30(4)16-12-13-26-44-42)22-23-38(36)45(10-3)40(37)35-19-15-25-43-39(35)31(5)9-2/h8,14-15,17-19,22-23,25,27-28,31,44H,1,4,9-13,16,20-21,24,26,29,42H2,2-3,5-7H3. The van der Waals surface area contributed by atoms with E-state index in [-0.39, 0.29) is 5.41 Å². The summed E-state index contributed by atoms with van der Waals surface area (Å²) < 4.78 is 2.53. The number of nitrogens with one attached hydrogen (secondary N) is 1. The SMILES string of the molecule is C=CCCC(C)(C)Cc1c(-c2cccnc2C(C)CC)n(CC)c2ccc(-c3cccc(CCC(=C)CCCCNN)c3)cc12. The number of allylic oxidation sites excluding steroid dienone is 2. The first-order valence-electron chi connectivity index (χ1n) is 17.1. The van der Waals surface area contributed by atoms with Gasteiger partial charge in [-0.2, -0.15) is 0 Å². The number of hydrogen-bond donors (Lipinski definition) is 2. The van der Waals surface area contributed by atoms with Crippen molar-refractivity contribution in [2.24, 2.45) is 11.3 Å².